The Morgan fingerprint density at radius 3 is 2.50 bits per heavy atom. The number of unbranched alkanes of at least 4 members (excludes halogenated alkanes) is 1. The van der Waals surface area contributed by atoms with E-state index in [1.165, 1.54) is 30.3 Å². The molecule has 6 nitrogen and oxygen atoms in total. The number of carbonyl (C=O) groups is 3. The topological polar surface area (TPSA) is 81.7 Å². The van der Waals surface area contributed by atoms with Gasteiger partial charge in [0.2, 0.25) is 0 Å². The van der Waals surface area contributed by atoms with Crippen LogP contribution >= 0.6 is 23.2 Å². The molecule has 0 bridgehead atoms. The zero-order chi connectivity index (χ0) is 20.5. The summed E-state index contributed by atoms with van der Waals surface area (Å²) in [5.74, 6) is -1.81. The number of hydrogen-bond donors (Lipinski definition) is 1. The molecule has 2 aromatic carbocycles. The number of anilines is 1. The average molecular weight is 424 g/mol. The van der Waals surface area contributed by atoms with Gasteiger partial charge in [0.1, 0.15) is 0 Å². The maximum Gasteiger partial charge on any atom is 0.339 e. The van der Waals surface area contributed by atoms with E-state index in [1.807, 2.05) is 6.92 Å². The zero-order valence-corrected chi connectivity index (χ0v) is 16.7. The molecule has 2 rings (SSSR count). The quantitative estimate of drug-likeness (QED) is 0.489. The maximum absolute atomic E-state index is 12.1. The van der Waals surface area contributed by atoms with Crippen LogP contribution in [0.25, 0.3) is 0 Å². The fraction of sp³-hybridized carbons (Fsp3) is 0.250. The van der Waals surface area contributed by atoms with Crippen LogP contribution in [0, 0.1) is 0 Å². The van der Waals surface area contributed by atoms with Gasteiger partial charge in [0.05, 0.1) is 22.8 Å². The van der Waals surface area contributed by atoms with Gasteiger partial charge in [-0.25, -0.2) is 9.59 Å². The third kappa shape index (κ3) is 6.55. The van der Waals surface area contributed by atoms with Gasteiger partial charge in [-0.1, -0.05) is 42.6 Å². The van der Waals surface area contributed by atoms with Gasteiger partial charge in [-0.05, 0) is 42.8 Å². The zero-order valence-electron chi connectivity index (χ0n) is 15.2. The Balaban J connectivity index is 1.93. The van der Waals surface area contributed by atoms with Crippen molar-refractivity contribution in [3.05, 3.63) is 63.6 Å². The Morgan fingerprint density at radius 2 is 1.79 bits per heavy atom. The van der Waals surface area contributed by atoms with E-state index in [2.05, 4.69) is 5.32 Å². The minimum absolute atomic E-state index is 0.145. The summed E-state index contributed by atoms with van der Waals surface area (Å²) in [5, 5.41) is 3.14. The molecule has 0 spiro atoms. The summed E-state index contributed by atoms with van der Waals surface area (Å²) < 4.78 is 10.1. The molecule has 1 amide bonds. The second-order valence-corrected chi connectivity index (χ2v) is 6.66. The molecule has 0 atom stereocenters. The fourth-order valence-corrected chi connectivity index (χ4v) is 2.56. The van der Waals surface area contributed by atoms with Gasteiger partial charge >= 0.3 is 11.9 Å². The molecular formula is C20H19Cl2NO5. The van der Waals surface area contributed by atoms with E-state index >= 15 is 0 Å². The van der Waals surface area contributed by atoms with E-state index in [4.69, 9.17) is 32.7 Å². The van der Waals surface area contributed by atoms with Crippen molar-refractivity contribution in [2.45, 2.75) is 19.8 Å². The first kappa shape index (κ1) is 21.7. The average Bonchev–Trinajstić information content (AvgIpc) is 2.67. The maximum atomic E-state index is 12.1. The van der Waals surface area contributed by atoms with Gasteiger partial charge in [-0.2, -0.15) is 0 Å². The van der Waals surface area contributed by atoms with E-state index in [1.54, 1.807) is 12.1 Å². The molecule has 0 radical (unpaired) electrons. The third-order valence-corrected chi connectivity index (χ3v) is 4.16. The van der Waals surface area contributed by atoms with Crippen molar-refractivity contribution in [2.24, 2.45) is 0 Å². The summed E-state index contributed by atoms with van der Waals surface area (Å²) in [4.78, 5) is 36.0. The molecular weight excluding hydrogens is 405 g/mol. The van der Waals surface area contributed by atoms with Gasteiger partial charge in [-0.15, -0.1) is 0 Å². The molecule has 0 unspecified atom stereocenters. The van der Waals surface area contributed by atoms with Crippen molar-refractivity contribution >= 4 is 46.7 Å². The summed E-state index contributed by atoms with van der Waals surface area (Å²) in [7, 11) is 0. The highest BCUT2D eigenvalue weighted by Gasteiger charge is 2.15. The van der Waals surface area contributed by atoms with Crippen LogP contribution in [0.15, 0.2) is 42.5 Å². The van der Waals surface area contributed by atoms with Crippen LogP contribution in [0.1, 0.15) is 40.5 Å². The number of amides is 1. The van der Waals surface area contributed by atoms with Crippen LogP contribution in [-0.2, 0) is 14.3 Å². The number of nitrogens with one attached hydrogen (secondary N) is 1. The van der Waals surface area contributed by atoms with Crippen molar-refractivity contribution in [1.82, 2.24) is 0 Å². The number of ether oxygens (including phenoxy) is 2. The summed E-state index contributed by atoms with van der Waals surface area (Å²) >= 11 is 11.8. The second-order valence-electron chi connectivity index (χ2n) is 5.82. The molecule has 0 heterocycles. The Hall–Kier alpha value is -2.57. The molecule has 0 aromatic heterocycles. The SMILES string of the molecule is CCCCOC(=O)c1cc(NC(=O)COC(=O)c2cccc(Cl)c2)ccc1Cl. The predicted octanol–water partition coefficient (Wildman–Crippen LogP) is 4.75. The van der Waals surface area contributed by atoms with Crippen LogP contribution in [0.4, 0.5) is 5.69 Å². The third-order valence-electron chi connectivity index (χ3n) is 3.60. The van der Waals surface area contributed by atoms with Crippen LogP contribution < -0.4 is 5.32 Å². The highest BCUT2D eigenvalue weighted by Crippen LogP contribution is 2.22. The largest absolute Gasteiger partial charge is 0.462 e. The van der Waals surface area contributed by atoms with E-state index < -0.39 is 24.5 Å². The van der Waals surface area contributed by atoms with Crippen LogP contribution in [0.3, 0.4) is 0 Å². The predicted molar refractivity (Wildman–Crippen MR) is 107 cm³/mol. The van der Waals surface area contributed by atoms with Gasteiger partial charge in [0, 0.05) is 10.7 Å². The van der Waals surface area contributed by atoms with Gasteiger partial charge in [0.15, 0.2) is 6.61 Å². The molecule has 2 aromatic rings. The van der Waals surface area contributed by atoms with Gasteiger partial charge in [0.25, 0.3) is 5.91 Å². The lowest BCUT2D eigenvalue weighted by Gasteiger charge is -2.10. The normalized spacial score (nSPS) is 10.2. The minimum atomic E-state index is -0.672. The molecule has 0 saturated heterocycles. The van der Waals surface area contributed by atoms with Crippen molar-refractivity contribution in [3.63, 3.8) is 0 Å². The molecule has 0 aliphatic rings. The van der Waals surface area contributed by atoms with E-state index in [9.17, 15) is 14.4 Å². The molecule has 0 saturated carbocycles. The molecule has 0 aliphatic carbocycles. The summed E-state index contributed by atoms with van der Waals surface area (Å²) in [6, 6.07) is 10.6. The number of halogens is 2. The van der Waals surface area contributed by atoms with Crippen molar-refractivity contribution in [2.75, 3.05) is 18.5 Å². The first-order valence-corrected chi connectivity index (χ1v) is 9.35. The van der Waals surface area contributed by atoms with E-state index in [-0.39, 0.29) is 16.1 Å². The van der Waals surface area contributed by atoms with Crippen LogP contribution in [0.2, 0.25) is 10.0 Å². The Kier molecular flexibility index (Phi) is 8.29. The van der Waals surface area contributed by atoms with Crippen LogP contribution in [0.5, 0.6) is 0 Å². The van der Waals surface area contributed by atoms with E-state index in [0.29, 0.717) is 17.3 Å². The second kappa shape index (κ2) is 10.7. The first-order chi connectivity index (χ1) is 13.4. The Morgan fingerprint density at radius 1 is 1.00 bits per heavy atom. The fourth-order valence-electron chi connectivity index (χ4n) is 2.17. The lowest BCUT2D eigenvalue weighted by Crippen LogP contribution is -2.21. The molecule has 148 valence electrons. The van der Waals surface area contributed by atoms with Crippen molar-refractivity contribution in [1.29, 1.82) is 0 Å². The molecule has 8 heteroatoms. The summed E-state index contributed by atoms with van der Waals surface area (Å²) in [6.07, 6.45) is 1.64. The van der Waals surface area contributed by atoms with E-state index in [0.717, 1.165) is 12.8 Å². The Bertz CT molecular complexity index is 869. The number of esters is 2. The molecule has 0 fully saturated rings. The monoisotopic (exact) mass is 423 g/mol. The lowest BCUT2D eigenvalue weighted by atomic mass is 10.2. The summed E-state index contributed by atoms with van der Waals surface area (Å²) in [5.41, 5.74) is 0.714. The van der Waals surface area contributed by atoms with Gasteiger partial charge in [-0.3, -0.25) is 4.79 Å². The summed E-state index contributed by atoms with van der Waals surface area (Å²) in [6.45, 7) is 1.78. The number of carbonyl (C=O) groups excluding carboxylic acids is 3. The highest BCUT2D eigenvalue weighted by molar-refractivity contribution is 6.33. The van der Waals surface area contributed by atoms with Crippen molar-refractivity contribution in [3.8, 4) is 0 Å². The first-order valence-electron chi connectivity index (χ1n) is 8.60. The standard InChI is InChI=1S/C20H19Cl2NO5/c1-2-3-9-27-20(26)16-11-15(7-8-17(16)22)23-18(24)12-28-19(25)13-5-4-6-14(21)10-13/h4-8,10-11H,2-3,9,12H2,1H3,(H,23,24). The Labute approximate surface area is 172 Å². The number of hydrogen-bond acceptors (Lipinski definition) is 5. The smallest absolute Gasteiger partial charge is 0.339 e. The van der Waals surface area contributed by atoms with Gasteiger partial charge < -0.3 is 14.8 Å². The molecule has 1 N–H and O–H groups in total. The number of benzene rings is 2. The van der Waals surface area contributed by atoms with Crippen molar-refractivity contribution < 1.29 is 23.9 Å². The molecule has 28 heavy (non-hydrogen) atoms. The lowest BCUT2D eigenvalue weighted by molar-refractivity contribution is -0.119. The number of rotatable bonds is 8. The molecule has 0 aliphatic heterocycles. The highest BCUT2D eigenvalue weighted by atomic mass is 35.5. The minimum Gasteiger partial charge on any atom is -0.462 e. The van der Waals surface area contributed by atoms with Crippen LogP contribution in [-0.4, -0.2) is 31.1 Å².